The van der Waals surface area contributed by atoms with Crippen molar-refractivity contribution in [3.8, 4) is 22.9 Å². The molecule has 0 bridgehead atoms. The molecule has 7 nitrogen and oxygen atoms in total. The van der Waals surface area contributed by atoms with Crippen LogP contribution in [0.25, 0.3) is 38.8 Å². The molecule has 178 valence electrons. The fourth-order valence-corrected chi connectivity index (χ4v) is 4.99. The highest BCUT2D eigenvalue weighted by Gasteiger charge is 2.19. The number of imidazole rings is 1. The molecule has 6 rings (SSSR count). The first kappa shape index (κ1) is 22.0. The molecule has 2 aromatic heterocycles. The fourth-order valence-electron chi connectivity index (χ4n) is 4.99. The molecule has 0 atom stereocenters. The Bertz CT molecular complexity index is 1720. The van der Waals surface area contributed by atoms with Gasteiger partial charge in [0, 0.05) is 38.6 Å². The molecule has 3 heterocycles. The average molecular weight is 479 g/mol. The summed E-state index contributed by atoms with van der Waals surface area (Å²) in [5.74, 6) is -0.293. The quantitative estimate of drug-likeness (QED) is 0.425. The molecule has 1 aliphatic rings. The van der Waals surface area contributed by atoms with Gasteiger partial charge in [0.25, 0.3) is 0 Å². The van der Waals surface area contributed by atoms with Gasteiger partial charge in [0.05, 0.1) is 39.7 Å². The van der Waals surface area contributed by atoms with Gasteiger partial charge >= 0.3 is 5.69 Å². The van der Waals surface area contributed by atoms with Crippen LogP contribution in [0.1, 0.15) is 5.56 Å². The van der Waals surface area contributed by atoms with Crippen LogP contribution in [0.15, 0.2) is 71.7 Å². The van der Waals surface area contributed by atoms with Gasteiger partial charge in [-0.05, 0) is 53.6 Å². The highest BCUT2D eigenvalue weighted by atomic mass is 19.1. The Kier molecular flexibility index (Phi) is 5.28. The Morgan fingerprint density at radius 2 is 1.75 bits per heavy atom. The van der Waals surface area contributed by atoms with Crippen LogP contribution < -0.4 is 15.9 Å². The van der Waals surface area contributed by atoms with E-state index in [1.54, 1.807) is 40.6 Å². The van der Waals surface area contributed by atoms with E-state index in [9.17, 15) is 14.4 Å². The molecular weight excluding hydrogens is 455 g/mol. The van der Waals surface area contributed by atoms with Crippen molar-refractivity contribution in [2.24, 2.45) is 7.05 Å². The van der Waals surface area contributed by atoms with Crippen LogP contribution in [0, 0.1) is 17.1 Å². The molecule has 36 heavy (non-hydrogen) atoms. The molecule has 0 saturated carbocycles. The number of anilines is 1. The maximum Gasteiger partial charge on any atom is 0.333 e. The number of aryl methyl sites for hydroxylation is 1. The van der Waals surface area contributed by atoms with E-state index in [4.69, 9.17) is 0 Å². The molecule has 5 aromatic rings. The third-order valence-corrected chi connectivity index (χ3v) is 6.88. The molecule has 1 fully saturated rings. The van der Waals surface area contributed by atoms with Crippen LogP contribution in [0.3, 0.4) is 0 Å². The number of hydrogen-bond acceptors (Lipinski definition) is 5. The molecule has 0 amide bonds. The molecule has 0 unspecified atom stereocenters. The Labute approximate surface area is 206 Å². The van der Waals surface area contributed by atoms with E-state index in [0.717, 1.165) is 59.4 Å². The van der Waals surface area contributed by atoms with Gasteiger partial charge in [0.15, 0.2) is 0 Å². The van der Waals surface area contributed by atoms with Crippen LogP contribution in [0.2, 0.25) is 0 Å². The van der Waals surface area contributed by atoms with Crippen molar-refractivity contribution in [1.82, 2.24) is 19.4 Å². The predicted molar refractivity (Wildman–Crippen MR) is 139 cm³/mol. The lowest BCUT2D eigenvalue weighted by atomic mass is 10.0. The molecule has 1 saturated heterocycles. The minimum atomic E-state index is -0.293. The van der Waals surface area contributed by atoms with Crippen LogP contribution >= 0.6 is 0 Å². The van der Waals surface area contributed by atoms with E-state index in [2.05, 4.69) is 21.3 Å². The second-order valence-corrected chi connectivity index (χ2v) is 8.96. The van der Waals surface area contributed by atoms with Crippen molar-refractivity contribution >= 4 is 27.6 Å². The number of piperazine rings is 1. The first-order chi connectivity index (χ1) is 17.5. The number of rotatable bonds is 3. The average Bonchev–Trinajstić information content (AvgIpc) is 3.19. The maximum absolute atomic E-state index is 13.5. The number of nitrogens with one attached hydrogen (secondary N) is 1. The summed E-state index contributed by atoms with van der Waals surface area (Å²) in [6.45, 7) is 3.38. The lowest BCUT2D eigenvalue weighted by Crippen LogP contribution is -2.43. The van der Waals surface area contributed by atoms with Crippen LogP contribution in [0.4, 0.5) is 10.1 Å². The number of fused-ring (bicyclic) bond motifs is 3. The van der Waals surface area contributed by atoms with E-state index in [1.807, 2.05) is 30.3 Å². The van der Waals surface area contributed by atoms with Crippen LogP contribution in [-0.4, -0.2) is 40.3 Å². The largest absolute Gasteiger partial charge is 0.368 e. The lowest BCUT2D eigenvalue weighted by Gasteiger charge is -2.30. The van der Waals surface area contributed by atoms with Crippen molar-refractivity contribution in [1.29, 1.82) is 5.26 Å². The van der Waals surface area contributed by atoms with Gasteiger partial charge in [-0.1, -0.05) is 18.2 Å². The zero-order valence-electron chi connectivity index (χ0n) is 19.7. The van der Waals surface area contributed by atoms with Gasteiger partial charge < -0.3 is 10.2 Å². The number of nitrogens with zero attached hydrogens (tertiary/aromatic N) is 5. The molecule has 3 aromatic carbocycles. The summed E-state index contributed by atoms with van der Waals surface area (Å²) in [4.78, 5) is 20.2. The second-order valence-electron chi connectivity index (χ2n) is 8.96. The van der Waals surface area contributed by atoms with E-state index < -0.39 is 0 Å². The summed E-state index contributed by atoms with van der Waals surface area (Å²) in [5.41, 5.74) is 5.73. The van der Waals surface area contributed by atoms with Crippen molar-refractivity contribution in [2.45, 2.75) is 0 Å². The number of benzene rings is 3. The van der Waals surface area contributed by atoms with Crippen molar-refractivity contribution < 1.29 is 4.39 Å². The van der Waals surface area contributed by atoms with Gasteiger partial charge in [-0.25, -0.2) is 9.18 Å². The Morgan fingerprint density at radius 3 is 2.50 bits per heavy atom. The molecule has 0 radical (unpaired) electrons. The van der Waals surface area contributed by atoms with Crippen molar-refractivity contribution in [2.75, 3.05) is 31.1 Å². The SMILES string of the molecule is Cn1c(=O)n(-c2ccc(N3CCNCC3)c(C#N)c2)c2c3cc(-c4ccc(F)cc4)ccc3ncc21. The zero-order chi connectivity index (χ0) is 24.8. The van der Waals surface area contributed by atoms with Gasteiger partial charge in [-0.3, -0.25) is 14.1 Å². The van der Waals surface area contributed by atoms with E-state index >= 15 is 0 Å². The monoisotopic (exact) mass is 478 g/mol. The standard InChI is InChI=1S/C28H23FN6O/c1-33-26-17-32-24-8-4-19(18-2-5-21(29)6-3-18)15-23(24)27(26)35(28(33)36)22-7-9-25(20(14-22)16-30)34-12-10-31-11-13-34/h2-9,14-15,17,31H,10-13H2,1H3. The van der Waals surface area contributed by atoms with Gasteiger partial charge in [-0.15, -0.1) is 0 Å². The third-order valence-electron chi connectivity index (χ3n) is 6.88. The third kappa shape index (κ3) is 3.53. The number of halogens is 1. The number of pyridine rings is 1. The molecule has 0 spiro atoms. The van der Waals surface area contributed by atoms with Crippen LogP contribution in [0.5, 0.6) is 0 Å². The molecule has 1 aliphatic heterocycles. The van der Waals surface area contributed by atoms with Gasteiger partial charge in [-0.2, -0.15) is 5.26 Å². The summed E-state index contributed by atoms with van der Waals surface area (Å²) in [5, 5.41) is 14.1. The van der Waals surface area contributed by atoms with Gasteiger partial charge in [0.2, 0.25) is 0 Å². The molecule has 8 heteroatoms. The summed E-state index contributed by atoms with van der Waals surface area (Å²) < 4.78 is 16.7. The van der Waals surface area contributed by atoms with E-state index in [-0.39, 0.29) is 11.5 Å². The zero-order valence-corrected chi connectivity index (χ0v) is 19.7. The molecule has 1 N–H and O–H groups in total. The Balaban J connectivity index is 1.58. The predicted octanol–water partition coefficient (Wildman–Crippen LogP) is 3.96. The molecular formula is C28H23FN6O. The first-order valence-electron chi connectivity index (χ1n) is 11.8. The highest BCUT2D eigenvalue weighted by Crippen LogP contribution is 2.31. The maximum atomic E-state index is 13.5. The highest BCUT2D eigenvalue weighted by molar-refractivity contribution is 6.04. The van der Waals surface area contributed by atoms with E-state index in [1.165, 1.54) is 12.1 Å². The summed E-state index contributed by atoms with van der Waals surface area (Å²) in [6.07, 6.45) is 1.70. The topological polar surface area (TPSA) is 78.9 Å². The van der Waals surface area contributed by atoms with Crippen LogP contribution in [-0.2, 0) is 7.05 Å². The van der Waals surface area contributed by atoms with Crippen molar-refractivity contribution in [3.05, 3.63) is 88.7 Å². The normalized spacial score (nSPS) is 13.9. The van der Waals surface area contributed by atoms with E-state index in [0.29, 0.717) is 16.8 Å². The smallest absolute Gasteiger partial charge is 0.333 e. The summed E-state index contributed by atoms with van der Waals surface area (Å²) in [7, 11) is 1.72. The summed E-state index contributed by atoms with van der Waals surface area (Å²) >= 11 is 0. The second kappa shape index (κ2) is 8.63. The Hall–Kier alpha value is -4.48. The van der Waals surface area contributed by atoms with Crippen molar-refractivity contribution in [3.63, 3.8) is 0 Å². The number of nitriles is 1. The minimum absolute atomic E-state index is 0.217. The Morgan fingerprint density at radius 1 is 1.00 bits per heavy atom. The number of aromatic nitrogens is 3. The fraction of sp³-hybridized carbons (Fsp3) is 0.179. The minimum Gasteiger partial charge on any atom is -0.368 e. The number of hydrogen-bond donors (Lipinski definition) is 1. The van der Waals surface area contributed by atoms with Gasteiger partial charge in [0.1, 0.15) is 11.9 Å². The lowest BCUT2D eigenvalue weighted by molar-refractivity contribution is 0.589. The first-order valence-corrected chi connectivity index (χ1v) is 11.8. The summed E-state index contributed by atoms with van der Waals surface area (Å²) in [6, 6.07) is 20.1. The molecule has 0 aliphatic carbocycles.